The van der Waals surface area contributed by atoms with Crippen molar-refractivity contribution in [1.82, 2.24) is 9.21 Å². The second kappa shape index (κ2) is 6.44. The Bertz CT molecular complexity index is 717. The van der Waals surface area contributed by atoms with Crippen molar-refractivity contribution in [3.8, 4) is 0 Å². The lowest BCUT2D eigenvalue weighted by Gasteiger charge is -2.27. The van der Waals surface area contributed by atoms with Crippen molar-refractivity contribution in [2.75, 3.05) is 18.7 Å². The summed E-state index contributed by atoms with van der Waals surface area (Å²) in [6.07, 6.45) is 1.97. The van der Waals surface area contributed by atoms with Gasteiger partial charge in [0, 0.05) is 28.9 Å². The number of hydrogen-bond donors (Lipinski definition) is 0. The molecule has 0 unspecified atom stereocenters. The molecule has 126 valence electrons. The predicted octanol–water partition coefficient (Wildman–Crippen LogP) is 2.68. The van der Waals surface area contributed by atoms with E-state index < -0.39 is 16.1 Å². The Balaban J connectivity index is 1.90. The molecule has 1 aromatic rings. The van der Waals surface area contributed by atoms with Gasteiger partial charge in [0.05, 0.1) is 10.8 Å². The third kappa shape index (κ3) is 3.49. The van der Waals surface area contributed by atoms with Crippen molar-refractivity contribution in [3.63, 3.8) is 0 Å². The number of sulfonamides is 1. The van der Waals surface area contributed by atoms with Gasteiger partial charge in [-0.25, -0.2) is 8.42 Å². The molecule has 1 aliphatic heterocycles. The Labute approximate surface area is 150 Å². The van der Waals surface area contributed by atoms with E-state index in [0.29, 0.717) is 5.75 Å². The Morgan fingerprint density at radius 2 is 1.87 bits per heavy atom. The van der Waals surface area contributed by atoms with Crippen LogP contribution in [0.5, 0.6) is 0 Å². The third-order valence-corrected chi connectivity index (χ3v) is 7.46. The molecule has 1 saturated carbocycles. The second-order valence-corrected chi connectivity index (χ2v) is 9.46. The van der Waals surface area contributed by atoms with Crippen LogP contribution in [0.25, 0.3) is 0 Å². The van der Waals surface area contributed by atoms with Gasteiger partial charge in [0.1, 0.15) is 6.04 Å². The normalized spacial score (nSPS) is 22.3. The Morgan fingerprint density at radius 3 is 2.43 bits per heavy atom. The monoisotopic (exact) mass is 394 g/mol. The molecule has 0 N–H and O–H groups in total. The maximum Gasteiger partial charge on any atom is 0.244 e. The number of thioether (sulfide) groups is 1. The highest BCUT2D eigenvalue weighted by Gasteiger charge is 2.43. The smallest absolute Gasteiger partial charge is 0.244 e. The molecule has 1 aliphatic carbocycles. The standard InChI is InChI=1S/C14H16Cl2N2O3S2/c1-17(11-2-3-11)14(19)13-7-22-8-18(13)23(20,21)12-5-9(15)4-10(16)6-12/h4-6,11,13H,2-3,7-8H2,1H3/t13-/m0/s1. The summed E-state index contributed by atoms with van der Waals surface area (Å²) in [5.41, 5.74) is 0. The van der Waals surface area contributed by atoms with E-state index in [1.165, 1.54) is 34.3 Å². The summed E-state index contributed by atoms with van der Waals surface area (Å²) < 4.78 is 27.0. The number of halogens is 2. The first-order valence-corrected chi connectivity index (χ1v) is 10.5. The summed E-state index contributed by atoms with van der Waals surface area (Å²) in [7, 11) is -2.08. The van der Waals surface area contributed by atoms with Gasteiger partial charge >= 0.3 is 0 Å². The van der Waals surface area contributed by atoms with Gasteiger partial charge in [0.25, 0.3) is 0 Å². The van der Waals surface area contributed by atoms with Crippen LogP contribution in [0, 0.1) is 0 Å². The highest BCUT2D eigenvalue weighted by atomic mass is 35.5. The molecule has 0 bridgehead atoms. The minimum absolute atomic E-state index is 0.0179. The molecule has 0 spiro atoms. The quantitative estimate of drug-likeness (QED) is 0.787. The van der Waals surface area contributed by atoms with Crippen molar-refractivity contribution >= 4 is 50.9 Å². The van der Waals surface area contributed by atoms with E-state index in [2.05, 4.69) is 0 Å². The van der Waals surface area contributed by atoms with Crippen LogP contribution in [0.3, 0.4) is 0 Å². The zero-order chi connectivity index (χ0) is 16.8. The topological polar surface area (TPSA) is 57.7 Å². The molecule has 9 heteroatoms. The number of amides is 1. The van der Waals surface area contributed by atoms with Gasteiger partial charge < -0.3 is 4.90 Å². The zero-order valence-electron chi connectivity index (χ0n) is 12.4. The molecule has 23 heavy (non-hydrogen) atoms. The van der Waals surface area contributed by atoms with Gasteiger partial charge in [-0.3, -0.25) is 4.79 Å². The molecule has 0 radical (unpaired) electrons. The highest BCUT2D eigenvalue weighted by molar-refractivity contribution is 8.00. The predicted molar refractivity (Wildman–Crippen MR) is 92.4 cm³/mol. The SMILES string of the molecule is CN(C(=O)[C@@H]1CSCN1S(=O)(=O)c1cc(Cl)cc(Cl)c1)C1CC1. The first-order valence-electron chi connectivity index (χ1n) is 7.13. The van der Waals surface area contributed by atoms with Gasteiger partial charge in [-0.1, -0.05) is 23.2 Å². The van der Waals surface area contributed by atoms with Gasteiger partial charge in [0.15, 0.2) is 0 Å². The number of rotatable bonds is 4. The molecule has 1 aromatic carbocycles. The van der Waals surface area contributed by atoms with Crippen molar-refractivity contribution in [2.45, 2.75) is 29.8 Å². The second-order valence-electron chi connectivity index (χ2n) is 5.69. The fourth-order valence-electron chi connectivity index (χ4n) is 2.55. The molecule has 5 nitrogen and oxygen atoms in total. The molecule has 1 amide bonds. The Morgan fingerprint density at radius 1 is 1.26 bits per heavy atom. The molecule has 1 heterocycles. The summed E-state index contributed by atoms with van der Waals surface area (Å²) in [5.74, 6) is 0.569. The number of likely N-dealkylation sites (N-methyl/N-ethyl adjacent to an activating group) is 1. The van der Waals surface area contributed by atoms with Crippen LogP contribution in [0.1, 0.15) is 12.8 Å². The molecule has 0 aromatic heterocycles. The van der Waals surface area contributed by atoms with E-state index in [0.717, 1.165) is 12.8 Å². The largest absolute Gasteiger partial charge is 0.341 e. The third-order valence-electron chi connectivity index (χ3n) is 4.01. The maximum atomic E-state index is 12.9. The minimum Gasteiger partial charge on any atom is -0.341 e. The molecule has 3 rings (SSSR count). The van der Waals surface area contributed by atoms with E-state index in [1.807, 2.05) is 0 Å². The van der Waals surface area contributed by atoms with Crippen LogP contribution in [0.4, 0.5) is 0 Å². The summed E-state index contributed by atoms with van der Waals surface area (Å²) >= 11 is 13.3. The average molecular weight is 395 g/mol. The van der Waals surface area contributed by atoms with E-state index in [4.69, 9.17) is 23.2 Å². The van der Waals surface area contributed by atoms with Crippen LogP contribution < -0.4 is 0 Å². The summed E-state index contributed by atoms with van der Waals surface area (Å²) in [4.78, 5) is 14.3. The maximum absolute atomic E-state index is 12.9. The molecular formula is C14H16Cl2N2O3S2. The Kier molecular flexibility index (Phi) is 4.86. The summed E-state index contributed by atoms with van der Waals surface area (Å²) in [6.45, 7) is 0. The summed E-state index contributed by atoms with van der Waals surface area (Å²) in [6, 6.07) is 3.77. The van der Waals surface area contributed by atoms with Crippen LogP contribution in [0.15, 0.2) is 23.1 Å². The zero-order valence-corrected chi connectivity index (χ0v) is 15.6. The van der Waals surface area contributed by atoms with Gasteiger partial charge in [-0.05, 0) is 31.0 Å². The molecule has 2 fully saturated rings. The average Bonchev–Trinajstić information content (AvgIpc) is 3.20. The number of benzene rings is 1. The first kappa shape index (κ1) is 17.4. The van der Waals surface area contributed by atoms with Crippen LogP contribution in [-0.2, 0) is 14.8 Å². The van der Waals surface area contributed by atoms with Gasteiger partial charge in [0.2, 0.25) is 15.9 Å². The number of carbonyl (C=O) groups is 1. The highest BCUT2D eigenvalue weighted by Crippen LogP contribution is 2.33. The van der Waals surface area contributed by atoms with E-state index in [-0.39, 0.29) is 32.8 Å². The lowest BCUT2D eigenvalue weighted by molar-refractivity contribution is -0.133. The molecular weight excluding hydrogens is 379 g/mol. The lowest BCUT2D eigenvalue weighted by Crippen LogP contribution is -2.48. The number of hydrogen-bond acceptors (Lipinski definition) is 4. The number of nitrogens with zero attached hydrogens (tertiary/aromatic N) is 2. The molecule has 1 atom stereocenters. The summed E-state index contributed by atoms with van der Waals surface area (Å²) in [5, 5.41) is 0.502. The van der Waals surface area contributed by atoms with Crippen molar-refractivity contribution in [1.29, 1.82) is 0 Å². The Hall–Kier alpha value is -0.470. The van der Waals surface area contributed by atoms with Crippen LogP contribution in [-0.4, -0.2) is 54.3 Å². The fourth-order valence-corrected chi connectivity index (χ4v) is 6.41. The van der Waals surface area contributed by atoms with Crippen molar-refractivity contribution in [3.05, 3.63) is 28.2 Å². The van der Waals surface area contributed by atoms with Crippen molar-refractivity contribution < 1.29 is 13.2 Å². The van der Waals surface area contributed by atoms with Crippen molar-refractivity contribution in [2.24, 2.45) is 0 Å². The van der Waals surface area contributed by atoms with E-state index in [1.54, 1.807) is 11.9 Å². The number of carbonyl (C=O) groups excluding carboxylic acids is 1. The lowest BCUT2D eigenvalue weighted by atomic mass is 10.3. The first-order chi connectivity index (χ1) is 10.8. The van der Waals surface area contributed by atoms with E-state index >= 15 is 0 Å². The van der Waals surface area contributed by atoms with Crippen LogP contribution >= 0.6 is 35.0 Å². The van der Waals surface area contributed by atoms with Gasteiger partial charge in [-0.15, -0.1) is 11.8 Å². The minimum atomic E-state index is -3.82. The molecule has 1 saturated heterocycles. The molecule has 2 aliphatic rings. The fraction of sp³-hybridized carbons (Fsp3) is 0.500. The van der Waals surface area contributed by atoms with E-state index in [9.17, 15) is 13.2 Å². The van der Waals surface area contributed by atoms with Gasteiger partial charge in [-0.2, -0.15) is 4.31 Å². The van der Waals surface area contributed by atoms with Crippen LogP contribution in [0.2, 0.25) is 10.0 Å².